The van der Waals surface area contributed by atoms with E-state index in [2.05, 4.69) is 0 Å². The fourth-order valence-corrected chi connectivity index (χ4v) is 6.95. The highest BCUT2D eigenvalue weighted by Gasteiger charge is 2.37. The van der Waals surface area contributed by atoms with Gasteiger partial charge in [0.05, 0.1) is 58.8 Å². The van der Waals surface area contributed by atoms with Crippen molar-refractivity contribution < 1.29 is 35.8 Å². The van der Waals surface area contributed by atoms with Crippen LogP contribution in [0.5, 0.6) is 11.5 Å². The van der Waals surface area contributed by atoms with Crippen LogP contribution in [0, 0.1) is 0 Å². The molecule has 0 fully saturated rings. The van der Waals surface area contributed by atoms with E-state index in [1.54, 1.807) is 60.7 Å². The zero-order chi connectivity index (χ0) is 34.9. The SMILES string of the molecule is COc1ccc2c3ccccc3n(-c3cc(-c4ccc(C(F)(F)F)c(-n5c6ccccc6c6ccc(OC)cc65)c4)ccc3C(F)(F)F)c2c1. The van der Waals surface area contributed by atoms with Crippen molar-refractivity contribution >= 4 is 43.6 Å². The summed E-state index contributed by atoms with van der Waals surface area (Å²) in [6.07, 6.45) is -9.48. The van der Waals surface area contributed by atoms with E-state index in [0.29, 0.717) is 44.7 Å². The molecule has 50 heavy (non-hydrogen) atoms. The van der Waals surface area contributed by atoms with Crippen LogP contribution in [0.15, 0.2) is 121 Å². The molecule has 0 saturated carbocycles. The minimum atomic E-state index is -4.74. The maximum Gasteiger partial charge on any atom is 0.418 e. The van der Waals surface area contributed by atoms with Crippen LogP contribution in [0.2, 0.25) is 0 Å². The average Bonchev–Trinajstić information content (AvgIpc) is 3.62. The molecule has 6 aromatic carbocycles. The van der Waals surface area contributed by atoms with Gasteiger partial charge in [-0.2, -0.15) is 26.3 Å². The number of benzene rings is 6. The Kier molecular flexibility index (Phi) is 7.11. The molecule has 0 atom stereocenters. The highest BCUT2D eigenvalue weighted by atomic mass is 19.4. The molecule has 0 spiro atoms. The number of ether oxygens (including phenoxy) is 2. The first-order valence-corrected chi connectivity index (χ1v) is 15.6. The van der Waals surface area contributed by atoms with Crippen LogP contribution < -0.4 is 9.47 Å². The number of halogens is 6. The smallest absolute Gasteiger partial charge is 0.418 e. The van der Waals surface area contributed by atoms with Gasteiger partial charge in [0.1, 0.15) is 11.5 Å². The van der Waals surface area contributed by atoms with E-state index in [9.17, 15) is 26.3 Å². The molecule has 10 heteroatoms. The Balaban J connectivity index is 1.43. The van der Waals surface area contributed by atoms with E-state index >= 15 is 0 Å². The van der Waals surface area contributed by atoms with Gasteiger partial charge in [-0.15, -0.1) is 0 Å². The molecule has 0 N–H and O–H groups in total. The number of hydrogen-bond donors (Lipinski definition) is 0. The molecular formula is C40H26F6N2O2. The standard InChI is InChI=1S/C40H26F6N2O2/c1-49-25-13-15-29-27-7-3-5-9-33(27)47(35(29)21-25)37-19-23(11-17-31(37)39(41,42)43)24-12-18-32(40(44,45)46)38(20-24)48-34-10-6-4-8-28(34)30-16-14-26(50-2)22-36(30)48/h3-22H,1-2H3. The summed E-state index contributed by atoms with van der Waals surface area (Å²) in [5, 5.41) is 2.92. The molecule has 0 bridgehead atoms. The largest absolute Gasteiger partial charge is 0.497 e. The Labute approximate surface area is 281 Å². The minimum absolute atomic E-state index is 0.169. The predicted octanol–water partition coefficient (Wildman–Crippen LogP) is 11.6. The summed E-state index contributed by atoms with van der Waals surface area (Å²) in [5.74, 6) is 0.919. The van der Waals surface area contributed by atoms with Crippen LogP contribution in [0.4, 0.5) is 26.3 Å². The molecule has 0 amide bonds. The van der Waals surface area contributed by atoms with Crippen LogP contribution in [0.1, 0.15) is 11.1 Å². The topological polar surface area (TPSA) is 28.3 Å². The van der Waals surface area contributed by atoms with Crippen LogP contribution in [-0.4, -0.2) is 23.4 Å². The molecule has 4 nitrogen and oxygen atoms in total. The molecule has 0 aliphatic rings. The Morgan fingerprint density at radius 3 is 1.18 bits per heavy atom. The van der Waals surface area contributed by atoms with E-state index in [4.69, 9.17) is 9.47 Å². The fraction of sp³-hybridized carbons (Fsp3) is 0.100. The number of aromatic nitrogens is 2. The predicted molar refractivity (Wildman–Crippen MR) is 184 cm³/mol. The van der Waals surface area contributed by atoms with Gasteiger partial charge in [-0.25, -0.2) is 0 Å². The lowest BCUT2D eigenvalue weighted by atomic mass is 9.99. The van der Waals surface area contributed by atoms with E-state index in [0.717, 1.165) is 33.7 Å². The monoisotopic (exact) mass is 680 g/mol. The lowest BCUT2D eigenvalue weighted by Gasteiger charge is -2.20. The molecule has 8 aromatic rings. The maximum absolute atomic E-state index is 14.7. The van der Waals surface area contributed by atoms with Gasteiger partial charge in [0.25, 0.3) is 0 Å². The van der Waals surface area contributed by atoms with Gasteiger partial charge in [-0.1, -0.05) is 48.5 Å². The number of rotatable bonds is 5. The fourth-order valence-electron chi connectivity index (χ4n) is 6.95. The summed E-state index contributed by atoms with van der Waals surface area (Å²) in [6, 6.07) is 32.0. The van der Waals surface area contributed by atoms with Crippen molar-refractivity contribution in [3.63, 3.8) is 0 Å². The van der Waals surface area contributed by atoms with Gasteiger partial charge in [-0.3, -0.25) is 0 Å². The molecule has 0 aliphatic carbocycles. The second-order valence-corrected chi connectivity index (χ2v) is 11.9. The summed E-state index contributed by atoms with van der Waals surface area (Å²) < 4.78 is 102. The quantitative estimate of drug-likeness (QED) is 0.169. The molecular weight excluding hydrogens is 654 g/mol. The second-order valence-electron chi connectivity index (χ2n) is 11.9. The highest BCUT2D eigenvalue weighted by Crippen LogP contribution is 2.44. The van der Waals surface area contributed by atoms with Crippen LogP contribution in [0.25, 0.3) is 66.1 Å². The lowest BCUT2D eigenvalue weighted by Crippen LogP contribution is -2.12. The van der Waals surface area contributed by atoms with Crippen molar-refractivity contribution in [3.8, 4) is 34.0 Å². The van der Waals surface area contributed by atoms with Crippen molar-refractivity contribution in [1.82, 2.24) is 9.13 Å². The van der Waals surface area contributed by atoms with Gasteiger partial charge < -0.3 is 18.6 Å². The van der Waals surface area contributed by atoms with Crippen molar-refractivity contribution in [2.75, 3.05) is 14.2 Å². The molecule has 250 valence electrons. The zero-order valence-electron chi connectivity index (χ0n) is 26.5. The zero-order valence-corrected chi connectivity index (χ0v) is 26.5. The van der Waals surface area contributed by atoms with E-state index in [1.165, 1.54) is 47.6 Å². The van der Waals surface area contributed by atoms with Crippen molar-refractivity contribution in [2.24, 2.45) is 0 Å². The van der Waals surface area contributed by atoms with Crippen LogP contribution in [-0.2, 0) is 12.4 Å². The number of fused-ring (bicyclic) bond motifs is 6. The Hall–Kier alpha value is -5.90. The summed E-state index contributed by atoms with van der Waals surface area (Å²) in [4.78, 5) is 0. The number of hydrogen-bond acceptors (Lipinski definition) is 2. The van der Waals surface area contributed by atoms with E-state index < -0.39 is 23.5 Å². The third-order valence-electron chi connectivity index (χ3n) is 9.18. The Morgan fingerprint density at radius 2 is 0.800 bits per heavy atom. The molecule has 0 aliphatic heterocycles. The number of methoxy groups -OCH3 is 2. The van der Waals surface area contributed by atoms with Gasteiger partial charge in [-0.05, 0) is 71.8 Å². The van der Waals surface area contributed by atoms with Crippen molar-refractivity contribution in [3.05, 3.63) is 132 Å². The van der Waals surface area contributed by atoms with Crippen LogP contribution in [0.3, 0.4) is 0 Å². The molecule has 0 unspecified atom stereocenters. The third kappa shape index (κ3) is 4.93. The van der Waals surface area contributed by atoms with Crippen LogP contribution >= 0.6 is 0 Å². The highest BCUT2D eigenvalue weighted by molar-refractivity contribution is 6.11. The van der Waals surface area contributed by atoms with Crippen molar-refractivity contribution in [2.45, 2.75) is 12.4 Å². The number of alkyl halides is 6. The normalized spacial score (nSPS) is 12.4. The molecule has 0 radical (unpaired) electrons. The molecule has 0 saturated heterocycles. The minimum Gasteiger partial charge on any atom is -0.497 e. The lowest BCUT2D eigenvalue weighted by molar-refractivity contribution is -0.138. The summed E-state index contributed by atoms with van der Waals surface area (Å²) in [7, 11) is 2.96. The second kappa shape index (κ2) is 11.3. The van der Waals surface area contributed by atoms with Gasteiger partial charge >= 0.3 is 12.4 Å². The first kappa shape index (κ1) is 31.4. The Morgan fingerprint density at radius 1 is 0.420 bits per heavy atom. The van der Waals surface area contributed by atoms with E-state index in [1.807, 2.05) is 24.3 Å². The molecule has 2 aromatic heterocycles. The van der Waals surface area contributed by atoms with Gasteiger partial charge in [0, 0.05) is 33.7 Å². The number of nitrogens with zero attached hydrogens (tertiary/aromatic N) is 2. The molecule has 8 rings (SSSR count). The third-order valence-corrected chi connectivity index (χ3v) is 9.18. The summed E-state index contributed by atoms with van der Waals surface area (Å²) in [5.41, 5.74) is 0.513. The van der Waals surface area contributed by atoms with E-state index in [-0.39, 0.29) is 11.4 Å². The maximum atomic E-state index is 14.7. The first-order chi connectivity index (χ1) is 24.0. The summed E-state index contributed by atoms with van der Waals surface area (Å²) in [6.45, 7) is 0. The average molecular weight is 681 g/mol. The van der Waals surface area contributed by atoms with Crippen molar-refractivity contribution in [1.29, 1.82) is 0 Å². The number of para-hydroxylation sites is 2. The van der Waals surface area contributed by atoms with Gasteiger partial charge in [0.15, 0.2) is 0 Å². The molecule has 2 heterocycles. The first-order valence-electron chi connectivity index (χ1n) is 15.6. The van der Waals surface area contributed by atoms with Gasteiger partial charge in [0.2, 0.25) is 0 Å². The Bertz CT molecular complexity index is 2430. The summed E-state index contributed by atoms with van der Waals surface area (Å²) >= 11 is 0.